The molecule has 0 spiro atoms. The van der Waals surface area contributed by atoms with Gasteiger partial charge in [-0.1, -0.05) is 12.1 Å². The molecule has 118 valence electrons. The highest BCUT2D eigenvalue weighted by atomic mass is 32.2. The second-order valence-electron chi connectivity index (χ2n) is 4.84. The van der Waals surface area contributed by atoms with Crippen LogP contribution in [0, 0.1) is 0 Å². The second kappa shape index (κ2) is 6.58. The molecule has 0 saturated heterocycles. The Bertz CT molecular complexity index is 780. The highest BCUT2D eigenvalue weighted by Crippen LogP contribution is 2.28. The van der Waals surface area contributed by atoms with Gasteiger partial charge in [0.25, 0.3) is 0 Å². The molecule has 0 aliphatic carbocycles. The summed E-state index contributed by atoms with van der Waals surface area (Å²) in [7, 11) is -3.26. The Hall–Kier alpha value is -1.73. The van der Waals surface area contributed by atoms with E-state index in [1.165, 1.54) is 17.6 Å². The molecule has 2 aromatic rings. The standard InChI is InChI=1S/C15H17NO4S2/c1-4-20-15(17)10(2)14-16-13(9-21-14)11-6-5-7-12(8-11)22(3,18)19/h5-10H,4H2,1-3H3. The molecule has 5 nitrogen and oxygen atoms in total. The van der Waals surface area contributed by atoms with Crippen molar-refractivity contribution in [3.63, 3.8) is 0 Å². The molecule has 1 aromatic carbocycles. The molecule has 0 N–H and O–H groups in total. The zero-order valence-corrected chi connectivity index (χ0v) is 14.2. The number of rotatable bonds is 5. The molecule has 2 rings (SSSR count). The maximum atomic E-state index is 11.7. The van der Waals surface area contributed by atoms with Crippen molar-refractivity contribution < 1.29 is 17.9 Å². The number of esters is 1. The molecule has 7 heteroatoms. The molecule has 0 fully saturated rings. The Morgan fingerprint density at radius 1 is 1.41 bits per heavy atom. The first kappa shape index (κ1) is 16.6. The van der Waals surface area contributed by atoms with Crippen molar-refractivity contribution in [2.24, 2.45) is 0 Å². The van der Waals surface area contributed by atoms with Crippen LogP contribution in [-0.2, 0) is 19.4 Å². The normalized spacial score (nSPS) is 12.9. The van der Waals surface area contributed by atoms with Crippen molar-refractivity contribution in [3.05, 3.63) is 34.7 Å². The minimum Gasteiger partial charge on any atom is -0.465 e. The molecular weight excluding hydrogens is 322 g/mol. The third-order valence-corrected chi connectivity index (χ3v) is 5.23. The van der Waals surface area contributed by atoms with E-state index in [0.29, 0.717) is 22.9 Å². The van der Waals surface area contributed by atoms with Crippen molar-refractivity contribution in [3.8, 4) is 11.3 Å². The summed E-state index contributed by atoms with van der Waals surface area (Å²) in [5, 5.41) is 2.46. The number of thiazole rings is 1. The van der Waals surface area contributed by atoms with Crippen molar-refractivity contribution in [2.45, 2.75) is 24.7 Å². The van der Waals surface area contributed by atoms with Crippen LogP contribution < -0.4 is 0 Å². The van der Waals surface area contributed by atoms with Crippen LogP contribution in [0.15, 0.2) is 34.5 Å². The van der Waals surface area contributed by atoms with Gasteiger partial charge in [0.05, 0.1) is 17.2 Å². The molecule has 1 unspecified atom stereocenters. The number of hydrogen-bond acceptors (Lipinski definition) is 6. The Morgan fingerprint density at radius 3 is 2.77 bits per heavy atom. The van der Waals surface area contributed by atoms with E-state index in [-0.39, 0.29) is 10.9 Å². The second-order valence-corrected chi connectivity index (χ2v) is 7.75. The smallest absolute Gasteiger partial charge is 0.315 e. The van der Waals surface area contributed by atoms with Gasteiger partial charge in [0.1, 0.15) is 10.9 Å². The van der Waals surface area contributed by atoms with E-state index in [4.69, 9.17) is 4.74 Å². The lowest BCUT2D eigenvalue weighted by Crippen LogP contribution is -2.12. The van der Waals surface area contributed by atoms with E-state index >= 15 is 0 Å². The van der Waals surface area contributed by atoms with Crippen LogP contribution in [0.2, 0.25) is 0 Å². The fraction of sp³-hybridized carbons (Fsp3) is 0.333. The number of nitrogens with zero attached hydrogens (tertiary/aromatic N) is 1. The summed E-state index contributed by atoms with van der Waals surface area (Å²) in [6.07, 6.45) is 1.17. The predicted octanol–water partition coefficient (Wildman–Crippen LogP) is 2.88. The van der Waals surface area contributed by atoms with E-state index in [9.17, 15) is 13.2 Å². The molecule has 0 radical (unpaired) electrons. The molecule has 0 bridgehead atoms. The fourth-order valence-corrected chi connectivity index (χ4v) is 3.41. The van der Waals surface area contributed by atoms with Gasteiger partial charge in [-0.05, 0) is 26.0 Å². The lowest BCUT2D eigenvalue weighted by Gasteiger charge is -2.06. The Balaban J connectivity index is 2.31. The summed E-state index contributed by atoms with van der Waals surface area (Å²) in [6.45, 7) is 3.83. The summed E-state index contributed by atoms with van der Waals surface area (Å²) in [5.74, 6) is -0.745. The maximum Gasteiger partial charge on any atom is 0.315 e. The first-order valence-corrected chi connectivity index (χ1v) is 9.52. The van der Waals surface area contributed by atoms with Crippen LogP contribution >= 0.6 is 11.3 Å². The SMILES string of the molecule is CCOC(=O)C(C)c1nc(-c2cccc(S(C)(=O)=O)c2)cs1. The number of sulfone groups is 1. The molecule has 0 saturated carbocycles. The third kappa shape index (κ3) is 3.72. The maximum absolute atomic E-state index is 11.7. The van der Waals surface area contributed by atoms with Gasteiger partial charge in [0.15, 0.2) is 9.84 Å². The van der Waals surface area contributed by atoms with Crippen molar-refractivity contribution in [1.29, 1.82) is 0 Å². The fourth-order valence-electron chi connectivity index (χ4n) is 1.87. The van der Waals surface area contributed by atoms with Gasteiger partial charge < -0.3 is 4.74 Å². The quantitative estimate of drug-likeness (QED) is 0.783. The number of ether oxygens (including phenoxy) is 1. The summed E-state index contributed by atoms with van der Waals surface area (Å²) < 4.78 is 28.2. The predicted molar refractivity (Wildman–Crippen MR) is 85.7 cm³/mol. The largest absolute Gasteiger partial charge is 0.465 e. The molecule has 0 aliphatic rings. The van der Waals surface area contributed by atoms with Crippen molar-refractivity contribution in [1.82, 2.24) is 4.98 Å². The average Bonchev–Trinajstić information content (AvgIpc) is 2.95. The number of hydrogen-bond donors (Lipinski definition) is 0. The lowest BCUT2D eigenvalue weighted by molar-refractivity contribution is -0.144. The van der Waals surface area contributed by atoms with Crippen molar-refractivity contribution in [2.75, 3.05) is 12.9 Å². The minimum atomic E-state index is -3.26. The molecule has 0 aliphatic heterocycles. The highest BCUT2D eigenvalue weighted by molar-refractivity contribution is 7.90. The van der Waals surface area contributed by atoms with Gasteiger partial charge in [0.2, 0.25) is 0 Å². The molecular formula is C15H17NO4S2. The first-order chi connectivity index (χ1) is 10.3. The van der Waals surface area contributed by atoms with E-state index in [1.807, 2.05) is 5.38 Å². The van der Waals surface area contributed by atoms with Crippen LogP contribution in [0.1, 0.15) is 24.8 Å². The zero-order chi connectivity index (χ0) is 16.3. The van der Waals surface area contributed by atoms with Gasteiger partial charge in [-0.2, -0.15) is 0 Å². The van der Waals surface area contributed by atoms with E-state index in [1.54, 1.807) is 38.1 Å². The Labute approximate surface area is 133 Å². The summed E-state index contributed by atoms with van der Waals surface area (Å²) in [4.78, 5) is 16.4. The zero-order valence-electron chi connectivity index (χ0n) is 12.6. The summed E-state index contributed by atoms with van der Waals surface area (Å²) in [5.41, 5.74) is 1.36. The molecule has 1 atom stereocenters. The monoisotopic (exact) mass is 339 g/mol. The van der Waals surface area contributed by atoms with E-state index in [2.05, 4.69) is 4.98 Å². The van der Waals surface area contributed by atoms with Gasteiger partial charge in [-0.25, -0.2) is 13.4 Å². The average molecular weight is 339 g/mol. The molecule has 1 heterocycles. The highest BCUT2D eigenvalue weighted by Gasteiger charge is 2.20. The van der Waals surface area contributed by atoms with Crippen LogP contribution in [-0.4, -0.2) is 32.2 Å². The third-order valence-electron chi connectivity index (χ3n) is 3.09. The van der Waals surface area contributed by atoms with Gasteiger partial charge in [0, 0.05) is 17.2 Å². The van der Waals surface area contributed by atoms with Gasteiger partial charge in [-0.15, -0.1) is 11.3 Å². The van der Waals surface area contributed by atoms with Crippen LogP contribution in [0.4, 0.5) is 0 Å². The van der Waals surface area contributed by atoms with Gasteiger partial charge in [-0.3, -0.25) is 4.79 Å². The molecule has 1 aromatic heterocycles. The first-order valence-electron chi connectivity index (χ1n) is 6.75. The van der Waals surface area contributed by atoms with Crippen molar-refractivity contribution >= 4 is 27.1 Å². The van der Waals surface area contributed by atoms with Crippen LogP contribution in [0.25, 0.3) is 11.3 Å². The summed E-state index contributed by atoms with van der Waals surface area (Å²) in [6, 6.07) is 6.61. The minimum absolute atomic E-state index is 0.248. The number of aromatic nitrogens is 1. The van der Waals surface area contributed by atoms with E-state index in [0.717, 1.165) is 0 Å². The Morgan fingerprint density at radius 2 is 2.14 bits per heavy atom. The number of carbonyl (C=O) groups excluding carboxylic acids is 1. The van der Waals surface area contributed by atoms with Gasteiger partial charge >= 0.3 is 5.97 Å². The number of benzene rings is 1. The number of carbonyl (C=O) groups is 1. The van der Waals surface area contributed by atoms with Crippen LogP contribution in [0.5, 0.6) is 0 Å². The molecule has 22 heavy (non-hydrogen) atoms. The molecule has 0 amide bonds. The summed E-state index contributed by atoms with van der Waals surface area (Å²) >= 11 is 1.36. The van der Waals surface area contributed by atoms with E-state index < -0.39 is 15.8 Å². The Kier molecular flexibility index (Phi) is 4.97. The topological polar surface area (TPSA) is 73.3 Å². The lowest BCUT2D eigenvalue weighted by atomic mass is 10.1. The van der Waals surface area contributed by atoms with Crippen LogP contribution in [0.3, 0.4) is 0 Å².